The molecule has 0 saturated heterocycles. The second kappa shape index (κ2) is 6.86. The van der Waals surface area contributed by atoms with Crippen molar-refractivity contribution in [3.63, 3.8) is 0 Å². The Bertz CT molecular complexity index is 569. The number of anilines is 1. The molecular formula is C16H18BrFN2. The molecule has 0 aliphatic heterocycles. The average molecular weight is 337 g/mol. The third-order valence-electron chi connectivity index (χ3n) is 3.20. The van der Waals surface area contributed by atoms with Crippen LogP contribution in [0.4, 0.5) is 10.1 Å². The third kappa shape index (κ3) is 3.58. The number of hydrogen-bond acceptors (Lipinski definition) is 2. The van der Waals surface area contributed by atoms with Crippen LogP contribution >= 0.6 is 15.9 Å². The SMILES string of the molecule is CN(Cc1ccc(Br)cc1)c1c(F)cccc1CCN. The summed E-state index contributed by atoms with van der Waals surface area (Å²) in [5.74, 6) is -0.199. The standard InChI is InChI=1S/C16H18BrFN2/c1-20(11-12-5-7-14(17)8-6-12)16-13(9-10-19)3-2-4-15(16)18/h2-8H,9-11,19H2,1H3. The minimum Gasteiger partial charge on any atom is -0.368 e. The Morgan fingerprint density at radius 2 is 1.85 bits per heavy atom. The predicted octanol–water partition coefficient (Wildman–Crippen LogP) is 3.73. The van der Waals surface area contributed by atoms with Crippen molar-refractivity contribution in [3.05, 3.63) is 63.9 Å². The fourth-order valence-electron chi connectivity index (χ4n) is 2.29. The molecule has 0 bridgehead atoms. The largest absolute Gasteiger partial charge is 0.368 e. The van der Waals surface area contributed by atoms with E-state index in [1.54, 1.807) is 6.07 Å². The summed E-state index contributed by atoms with van der Waals surface area (Å²) in [7, 11) is 1.90. The Hall–Kier alpha value is -1.39. The molecule has 0 amide bonds. The summed E-state index contributed by atoms with van der Waals surface area (Å²) in [4.78, 5) is 1.93. The minimum absolute atomic E-state index is 0.199. The van der Waals surface area contributed by atoms with E-state index in [-0.39, 0.29) is 5.82 Å². The topological polar surface area (TPSA) is 29.3 Å². The van der Waals surface area contributed by atoms with Crippen LogP contribution in [0.1, 0.15) is 11.1 Å². The molecule has 106 valence electrons. The van der Waals surface area contributed by atoms with Gasteiger partial charge in [-0.25, -0.2) is 4.39 Å². The molecule has 2 aromatic carbocycles. The lowest BCUT2D eigenvalue weighted by Gasteiger charge is -2.23. The van der Waals surface area contributed by atoms with Crippen LogP contribution in [0.3, 0.4) is 0 Å². The van der Waals surface area contributed by atoms with Gasteiger partial charge in [-0.1, -0.05) is 40.2 Å². The van der Waals surface area contributed by atoms with Crippen molar-refractivity contribution in [2.45, 2.75) is 13.0 Å². The van der Waals surface area contributed by atoms with Crippen LogP contribution in [0.5, 0.6) is 0 Å². The fourth-order valence-corrected chi connectivity index (χ4v) is 2.55. The number of nitrogens with zero attached hydrogens (tertiary/aromatic N) is 1. The summed E-state index contributed by atoms with van der Waals surface area (Å²) in [6.45, 7) is 1.17. The highest BCUT2D eigenvalue weighted by molar-refractivity contribution is 9.10. The van der Waals surface area contributed by atoms with E-state index in [9.17, 15) is 4.39 Å². The molecule has 0 aliphatic rings. The van der Waals surface area contributed by atoms with Crippen LogP contribution in [0.25, 0.3) is 0 Å². The number of para-hydroxylation sites is 1. The van der Waals surface area contributed by atoms with Crippen LogP contribution in [-0.4, -0.2) is 13.6 Å². The number of rotatable bonds is 5. The molecule has 20 heavy (non-hydrogen) atoms. The average Bonchev–Trinajstić information content (AvgIpc) is 2.42. The molecule has 2 aromatic rings. The van der Waals surface area contributed by atoms with Crippen LogP contribution < -0.4 is 10.6 Å². The molecule has 2 rings (SSSR count). The van der Waals surface area contributed by atoms with Gasteiger partial charge in [0.05, 0.1) is 5.69 Å². The summed E-state index contributed by atoms with van der Waals surface area (Å²) in [5, 5.41) is 0. The van der Waals surface area contributed by atoms with E-state index >= 15 is 0 Å². The molecular weight excluding hydrogens is 319 g/mol. The summed E-state index contributed by atoms with van der Waals surface area (Å²) in [6.07, 6.45) is 0.678. The lowest BCUT2D eigenvalue weighted by molar-refractivity contribution is 0.619. The Morgan fingerprint density at radius 1 is 1.15 bits per heavy atom. The first-order valence-corrected chi connectivity index (χ1v) is 7.34. The minimum atomic E-state index is -0.199. The smallest absolute Gasteiger partial charge is 0.146 e. The molecule has 0 heterocycles. The van der Waals surface area contributed by atoms with E-state index in [4.69, 9.17) is 5.73 Å². The summed E-state index contributed by atoms with van der Waals surface area (Å²) >= 11 is 3.41. The van der Waals surface area contributed by atoms with E-state index in [0.29, 0.717) is 25.2 Å². The lowest BCUT2D eigenvalue weighted by Crippen LogP contribution is -2.20. The van der Waals surface area contributed by atoms with Crippen LogP contribution in [0.15, 0.2) is 46.9 Å². The molecule has 2 nitrogen and oxygen atoms in total. The van der Waals surface area contributed by atoms with E-state index in [0.717, 1.165) is 15.6 Å². The highest BCUT2D eigenvalue weighted by atomic mass is 79.9. The van der Waals surface area contributed by atoms with Gasteiger partial charge in [0, 0.05) is 18.1 Å². The van der Waals surface area contributed by atoms with Crippen molar-refractivity contribution < 1.29 is 4.39 Å². The first-order chi connectivity index (χ1) is 9.61. The third-order valence-corrected chi connectivity index (χ3v) is 3.73. The second-order valence-corrected chi connectivity index (χ2v) is 5.68. The van der Waals surface area contributed by atoms with Crippen molar-refractivity contribution >= 4 is 21.6 Å². The number of benzene rings is 2. The zero-order valence-corrected chi connectivity index (χ0v) is 13.0. The summed E-state index contributed by atoms with van der Waals surface area (Å²) in [5.41, 5.74) is 8.33. The maximum atomic E-state index is 14.1. The monoisotopic (exact) mass is 336 g/mol. The molecule has 4 heteroatoms. The Labute approximate surface area is 127 Å². The van der Waals surface area contributed by atoms with Crippen molar-refractivity contribution in [1.82, 2.24) is 0 Å². The van der Waals surface area contributed by atoms with Gasteiger partial charge in [-0.05, 0) is 42.3 Å². The summed E-state index contributed by atoms with van der Waals surface area (Å²) < 4.78 is 15.1. The molecule has 2 N–H and O–H groups in total. The van der Waals surface area contributed by atoms with Crippen molar-refractivity contribution in [2.24, 2.45) is 5.73 Å². The molecule has 0 saturated carbocycles. The fraction of sp³-hybridized carbons (Fsp3) is 0.250. The second-order valence-electron chi connectivity index (χ2n) is 4.77. The van der Waals surface area contributed by atoms with Gasteiger partial charge in [0.15, 0.2) is 0 Å². The quantitative estimate of drug-likeness (QED) is 0.901. The van der Waals surface area contributed by atoms with Gasteiger partial charge in [-0.3, -0.25) is 0 Å². The van der Waals surface area contributed by atoms with Crippen LogP contribution in [0, 0.1) is 5.82 Å². The van der Waals surface area contributed by atoms with Crippen molar-refractivity contribution in [3.8, 4) is 0 Å². The Balaban J connectivity index is 2.24. The zero-order valence-electron chi connectivity index (χ0n) is 11.4. The van der Waals surface area contributed by atoms with E-state index in [2.05, 4.69) is 15.9 Å². The Morgan fingerprint density at radius 3 is 2.50 bits per heavy atom. The molecule has 0 unspecified atom stereocenters. The molecule has 0 spiro atoms. The van der Waals surface area contributed by atoms with Gasteiger partial charge in [-0.2, -0.15) is 0 Å². The molecule has 0 aliphatic carbocycles. The zero-order chi connectivity index (χ0) is 14.5. The lowest BCUT2D eigenvalue weighted by atomic mass is 10.1. The highest BCUT2D eigenvalue weighted by Gasteiger charge is 2.12. The number of nitrogens with two attached hydrogens (primary N) is 1. The molecule has 0 atom stereocenters. The van der Waals surface area contributed by atoms with Gasteiger partial charge >= 0.3 is 0 Å². The van der Waals surface area contributed by atoms with Gasteiger partial charge in [0.1, 0.15) is 5.82 Å². The van der Waals surface area contributed by atoms with Gasteiger partial charge in [0.25, 0.3) is 0 Å². The van der Waals surface area contributed by atoms with Crippen LogP contribution in [0.2, 0.25) is 0 Å². The van der Waals surface area contributed by atoms with E-state index in [1.807, 2.05) is 42.3 Å². The predicted molar refractivity (Wildman–Crippen MR) is 85.4 cm³/mol. The molecule has 0 radical (unpaired) electrons. The van der Waals surface area contributed by atoms with Crippen molar-refractivity contribution in [1.29, 1.82) is 0 Å². The normalized spacial score (nSPS) is 10.6. The van der Waals surface area contributed by atoms with Crippen LogP contribution in [-0.2, 0) is 13.0 Å². The first-order valence-electron chi connectivity index (χ1n) is 6.55. The molecule has 0 aromatic heterocycles. The van der Waals surface area contributed by atoms with Gasteiger partial charge in [0.2, 0.25) is 0 Å². The Kier molecular flexibility index (Phi) is 5.15. The van der Waals surface area contributed by atoms with Gasteiger partial charge in [-0.15, -0.1) is 0 Å². The number of halogens is 2. The van der Waals surface area contributed by atoms with Gasteiger partial charge < -0.3 is 10.6 Å². The molecule has 0 fully saturated rings. The number of hydrogen-bond donors (Lipinski definition) is 1. The maximum Gasteiger partial charge on any atom is 0.146 e. The maximum absolute atomic E-state index is 14.1. The first kappa shape index (κ1) is 15.0. The van der Waals surface area contributed by atoms with Crippen molar-refractivity contribution in [2.75, 3.05) is 18.5 Å². The van der Waals surface area contributed by atoms with E-state index < -0.39 is 0 Å². The highest BCUT2D eigenvalue weighted by Crippen LogP contribution is 2.25. The van der Waals surface area contributed by atoms with E-state index in [1.165, 1.54) is 6.07 Å². The summed E-state index contributed by atoms with van der Waals surface area (Å²) in [6, 6.07) is 13.2.